The number of aromatic nitrogens is 2. The zero-order valence-electron chi connectivity index (χ0n) is 8.61. The topological polar surface area (TPSA) is 65.2 Å². The lowest BCUT2D eigenvalue weighted by Crippen LogP contribution is -2.00. The zero-order chi connectivity index (χ0) is 12.4. The third kappa shape index (κ3) is 2.27. The van der Waals surface area contributed by atoms with E-state index in [1.807, 2.05) is 0 Å². The highest BCUT2D eigenvalue weighted by atomic mass is 19.1. The van der Waals surface area contributed by atoms with Crippen molar-refractivity contribution in [2.24, 2.45) is 0 Å². The number of benzene rings is 1. The van der Waals surface area contributed by atoms with E-state index in [1.165, 1.54) is 0 Å². The molecule has 0 amide bonds. The molecule has 0 spiro atoms. The van der Waals surface area contributed by atoms with Gasteiger partial charge in [0, 0.05) is 11.6 Å². The molecule has 1 heterocycles. The molecule has 0 aliphatic heterocycles. The Bertz CT molecular complexity index is 548. The maximum atomic E-state index is 12.9. The molecule has 0 saturated carbocycles. The highest BCUT2D eigenvalue weighted by Gasteiger charge is 2.16. The van der Waals surface area contributed by atoms with Gasteiger partial charge < -0.3 is 9.15 Å². The number of ether oxygens (including phenoxy) is 1. The minimum Gasteiger partial charge on any atom is -0.462 e. The Morgan fingerprint density at radius 3 is 2.47 bits per heavy atom. The van der Waals surface area contributed by atoms with Crippen LogP contribution in [0.1, 0.15) is 10.7 Å². The van der Waals surface area contributed by atoms with Gasteiger partial charge in [-0.15, -0.1) is 10.2 Å². The number of halogens is 2. The molecular formula is C10H6F2N2O3. The number of esters is 1. The van der Waals surface area contributed by atoms with Crippen LogP contribution in [0.3, 0.4) is 0 Å². The summed E-state index contributed by atoms with van der Waals surface area (Å²) in [5, 5.41) is 6.87. The fraction of sp³-hybridized carbons (Fsp3) is 0.100. The molecule has 0 radical (unpaired) electrons. The van der Waals surface area contributed by atoms with E-state index < -0.39 is 17.6 Å². The van der Waals surface area contributed by atoms with Gasteiger partial charge in [-0.05, 0) is 12.1 Å². The maximum absolute atomic E-state index is 12.9. The predicted molar refractivity (Wildman–Crippen MR) is 51.0 cm³/mol. The van der Waals surface area contributed by atoms with Crippen molar-refractivity contribution in [2.75, 3.05) is 7.11 Å². The normalized spacial score (nSPS) is 10.3. The molecule has 5 nitrogen and oxygen atoms in total. The molecule has 17 heavy (non-hydrogen) atoms. The molecule has 2 aromatic rings. The van der Waals surface area contributed by atoms with E-state index in [0.29, 0.717) is 6.07 Å². The summed E-state index contributed by atoms with van der Waals surface area (Å²) in [5.74, 6) is -2.92. The maximum Gasteiger partial charge on any atom is 0.396 e. The van der Waals surface area contributed by atoms with Crippen LogP contribution in [-0.2, 0) is 4.74 Å². The summed E-state index contributed by atoms with van der Waals surface area (Å²) in [7, 11) is 1.15. The van der Waals surface area contributed by atoms with Gasteiger partial charge in [-0.2, -0.15) is 0 Å². The molecule has 1 aromatic carbocycles. The van der Waals surface area contributed by atoms with Gasteiger partial charge >= 0.3 is 11.9 Å². The summed E-state index contributed by atoms with van der Waals surface area (Å²) in [5.41, 5.74) is 0.0464. The van der Waals surface area contributed by atoms with E-state index in [2.05, 4.69) is 14.9 Å². The smallest absolute Gasteiger partial charge is 0.396 e. The number of rotatable bonds is 2. The van der Waals surface area contributed by atoms with Crippen molar-refractivity contribution < 1.29 is 22.7 Å². The molecule has 88 valence electrons. The van der Waals surface area contributed by atoms with Crippen LogP contribution in [-0.4, -0.2) is 23.3 Å². The number of carbonyl (C=O) groups excluding carboxylic acids is 1. The van der Waals surface area contributed by atoms with Crippen LogP contribution in [0.15, 0.2) is 22.6 Å². The first-order valence-corrected chi connectivity index (χ1v) is 4.48. The largest absolute Gasteiger partial charge is 0.462 e. The fourth-order valence-corrected chi connectivity index (χ4v) is 1.19. The van der Waals surface area contributed by atoms with Crippen LogP contribution in [0.4, 0.5) is 8.78 Å². The average Bonchev–Trinajstić information content (AvgIpc) is 2.76. The van der Waals surface area contributed by atoms with Crippen LogP contribution in [0.2, 0.25) is 0 Å². The van der Waals surface area contributed by atoms with E-state index in [9.17, 15) is 13.6 Å². The molecule has 0 bridgehead atoms. The van der Waals surface area contributed by atoms with Crippen molar-refractivity contribution in [1.29, 1.82) is 0 Å². The van der Waals surface area contributed by atoms with E-state index in [1.54, 1.807) is 0 Å². The third-order valence-corrected chi connectivity index (χ3v) is 1.89. The third-order valence-electron chi connectivity index (χ3n) is 1.89. The van der Waals surface area contributed by atoms with E-state index in [-0.39, 0.29) is 17.3 Å². The number of methoxy groups -OCH3 is 1. The minimum atomic E-state index is -0.819. The first-order valence-electron chi connectivity index (χ1n) is 4.48. The fourth-order valence-electron chi connectivity index (χ4n) is 1.19. The molecule has 0 atom stereocenters. The molecule has 1 aromatic heterocycles. The Labute approximate surface area is 94.0 Å². The first kappa shape index (κ1) is 11.2. The van der Waals surface area contributed by atoms with Crippen molar-refractivity contribution >= 4 is 5.97 Å². The summed E-state index contributed by atoms with van der Waals surface area (Å²) in [6.45, 7) is 0. The lowest BCUT2D eigenvalue weighted by Gasteiger charge is -1.95. The van der Waals surface area contributed by atoms with Crippen LogP contribution in [0.5, 0.6) is 0 Å². The van der Waals surface area contributed by atoms with Crippen molar-refractivity contribution in [3.8, 4) is 11.5 Å². The average molecular weight is 240 g/mol. The summed E-state index contributed by atoms with van der Waals surface area (Å²) in [6.07, 6.45) is 0. The van der Waals surface area contributed by atoms with Gasteiger partial charge in [0.05, 0.1) is 7.11 Å². The summed E-state index contributed by atoms with van der Waals surface area (Å²) >= 11 is 0. The lowest BCUT2D eigenvalue weighted by atomic mass is 10.2. The lowest BCUT2D eigenvalue weighted by molar-refractivity contribution is 0.0556. The van der Waals surface area contributed by atoms with Gasteiger partial charge in [0.2, 0.25) is 5.89 Å². The van der Waals surface area contributed by atoms with Crippen LogP contribution in [0, 0.1) is 11.6 Å². The first-order chi connectivity index (χ1) is 8.10. The quantitative estimate of drug-likeness (QED) is 0.749. The standard InChI is InChI=1S/C10H6F2N2O3/c1-16-10(15)9-14-13-8(17-9)5-2-6(11)4-7(12)3-5/h2-4H,1H3. The van der Waals surface area contributed by atoms with Gasteiger partial charge in [0.1, 0.15) is 11.6 Å². The van der Waals surface area contributed by atoms with Crippen molar-refractivity contribution in [2.45, 2.75) is 0 Å². The summed E-state index contributed by atoms with van der Waals surface area (Å²) in [6, 6.07) is 2.73. The molecule has 0 aliphatic rings. The molecule has 0 fully saturated rings. The molecular weight excluding hydrogens is 234 g/mol. The van der Waals surface area contributed by atoms with Crippen molar-refractivity contribution in [3.05, 3.63) is 35.7 Å². The zero-order valence-corrected chi connectivity index (χ0v) is 8.61. The van der Waals surface area contributed by atoms with E-state index in [0.717, 1.165) is 19.2 Å². The number of nitrogens with zero attached hydrogens (tertiary/aromatic N) is 2. The second kappa shape index (κ2) is 4.28. The predicted octanol–water partition coefficient (Wildman–Crippen LogP) is 1.80. The molecule has 0 unspecified atom stereocenters. The van der Waals surface area contributed by atoms with Gasteiger partial charge in [-0.25, -0.2) is 13.6 Å². The second-order valence-corrected chi connectivity index (χ2v) is 3.06. The molecule has 0 aliphatic carbocycles. The van der Waals surface area contributed by atoms with E-state index in [4.69, 9.17) is 4.42 Å². The van der Waals surface area contributed by atoms with E-state index >= 15 is 0 Å². The molecule has 2 rings (SSSR count). The second-order valence-electron chi connectivity index (χ2n) is 3.06. The van der Waals surface area contributed by atoms with Crippen LogP contribution >= 0.6 is 0 Å². The molecule has 0 N–H and O–H groups in total. The van der Waals surface area contributed by atoms with Gasteiger partial charge in [-0.1, -0.05) is 0 Å². The highest BCUT2D eigenvalue weighted by molar-refractivity contribution is 5.84. The number of carbonyl (C=O) groups is 1. The Kier molecular flexibility index (Phi) is 2.82. The summed E-state index contributed by atoms with van der Waals surface area (Å²) in [4.78, 5) is 11.0. The Hall–Kier alpha value is -2.31. The number of hydrogen-bond donors (Lipinski definition) is 0. The van der Waals surface area contributed by atoms with Crippen molar-refractivity contribution in [1.82, 2.24) is 10.2 Å². The SMILES string of the molecule is COC(=O)c1nnc(-c2cc(F)cc(F)c2)o1. The Morgan fingerprint density at radius 2 is 1.88 bits per heavy atom. The summed E-state index contributed by atoms with van der Waals surface area (Å²) < 4.78 is 35.1. The van der Waals surface area contributed by atoms with Crippen LogP contribution in [0.25, 0.3) is 11.5 Å². The molecule has 0 saturated heterocycles. The van der Waals surface area contributed by atoms with Gasteiger partial charge in [-0.3, -0.25) is 0 Å². The number of hydrogen-bond acceptors (Lipinski definition) is 5. The van der Waals surface area contributed by atoms with Gasteiger partial charge in [0.15, 0.2) is 0 Å². The minimum absolute atomic E-state index is 0.0464. The van der Waals surface area contributed by atoms with Gasteiger partial charge in [0.25, 0.3) is 0 Å². The Balaban J connectivity index is 2.40. The Morgan fingerprint density at radius 1 is 1.24 bits per heavy atom. The molecule has 7 heteroatoms. The van der Waals surface area contributed by atoms with Crippen LogP contribution < -0.4 is 0 Å². The van der Waals surface area contributed by atoms with Crippen molar-refractivity contribution in [3.63, 3.8) is 0 Å². The monoisotopic (exact) mass is 240 g/mol. The highest BCUT2D eigenvalue weighted by Crippen LogP contribution is 2.20.